The first-order valence-corrected chi connectivity index (χ1v) is 11.2. The minimum Gasteiger partial charge on any atom is -0.508 e. The van der Waals surface area contributed by atoms with Crippen molar-refractivity contribution in [1.29, 1.82) is 0 Å². The quantitative estimate of drug-likeness (QED) is 0.212. The maximum absolute atomic E-state index is 13.7. The fourth-order valence-corrected chi connectivity index (χ4v) is 6.04. The Morgan fingerprint density at radius 2 is 1.79 bits per heavy atom. The number of phenolic OH excluding ortho intramolecular Hbond substituents is 1. The molecule has 0 aromatic heterocycles. The summed E-state index contributed by atoms with van der Waals surface area (Å²) in [5.74, 6) is -8.85. The molecule has 1 fully saturated rings. The molecule has 176 valence electrons. The molecule has 0 aliphatic heterocycles. The predicted octanol–water partition coefficient (Wildman–Crippen LogP) is 0.100. The van der Waals surface area contributed by atoms with E-state index in [1.807, 2.05) is 22.6 Å². The Hall–Kier alpha value is -2.48. The normalized spacial score (nSPS) is 33.7. The molecule has 2 unspecified atom stereocenters. The third-order valence-corrected chi connectivity index (χ3v) is 7.95. The van der Waals surface area contributed by atoms with Gasteiger partial charge in [-0.15, -0.1) is 0 Å². The molecule has 0 bridgehead atoms. The van der Waals surface area contributed by atoms with Gasteiger partial charge in [0.1, 0.15) is 22.8 Å². The second-order valence-electron chi connectivity index (χ2n) is 8.91. The largest absolute Gasteiger partial charge is 0.508 e. The number of aliphatic hydroxyl groups excluding tert-OH is 3. The highest BCUT2D eigenvalue weighted by atomic mass is 127. The van der Waals surface area contributed by atoms with Gasteiger partial charge in [0.25, 0.3) is 5.91 Å². The molecule has 1 amide bonds. The van der Waals surface area contributed by atoms with Crippen LogP contribution in [0.3, 0.4) is 0 Å². The first kappa shape index (κ1) is 23.7. The number of aromatic hydroxyl groups is 1. The van der Waals surface area contributed by atoms with Gasteiger partial charge >= 0.3 is 0 Å². The summed E-state index contributed by atoms with van der Waals surface area (Å²) in [7, 11) is 2.92. The average molecular weight is 570 g/mol. The van der Waals surface area contributed by atoms with Gasteiger partial charge in [-0.1, -0.05) is 13.0 Å². The van der Waals surface area contributed by atoms with Crippen molar-refractivity contribution in [3.05, 3.63) is 43.7 Å². The van der Waals surface area contributed by atoms with E-state index in [0.29, 0.717) is 9.13 Å². The standard InChI is InChI=1S/C22H23IN2O8/c1-6-7-4-5-8(23)15(26)10(7)16(27)11-9(6)17(28)13-14(25(2)3)18(29)12(21(24)32)20(31)22(13,33)19(11)30/h4-6,9,13-14,17,26-28,31,33H,1-3H3,(H2,24,32)/t6-,9?,13?,14-,17-,22-/m0/s1. The van der Waals surface area contributed by atoms with Crippen LogP contribution in [0.15, 0.2) is 29.0 Å². The molecule has 0 heterocycles. The highest BCUT2D eigenvalue weighted by Crippen LogP contribution is 2.56. The number of primary amides is 1. The number of hydrogen-bond acceptors (Lipinski definition) is 9. The van der Waals surface area contributed by atoms with E-state index >= 15 is 0 Å². The summed E-state index contributed by atoms with van der Waals surface area (Å²) < 4.78 is 0.402. The summed E-state index contributed by atoms with van der Waals surface area (Å²) in [4.78, 5) is 40.1. The Labute approximate surface area is 202 Å². The van der Waals surface area contributed by atoms with E-state index in [2.05, 4.69) is 0 Å². The van der Waals surface area contributed by atoms with Crippen LogP contribution < -0.4 is 5.73 Å². The molecule has 1 saturated carbocycles. The summed E-state index contributed by atoms with van der Waals surface area (Å²) in [5.41, 5.74) is 1.49. The number of nitrogens with two attached hydrogens (primary N) is 1. The predicted molar refractivity (Wildman–Crippen MR) is 123 cm³/mol. The molecule has 10 nitrogen and oxygen atoms in total. The average Bonchev–Trinajstić information content (AvgIpc) is 2.72. The lowest BCUT2D eigenvalue weighted by Gasteiger charge is -2.53. The molecular weight excluding hydrogens is 547 g/mol. The molecular formula is C22H23IN2O8. The van der Waals surface area contributed by atoms with Crippen LogP contribution in [-0.2, 0) is 14.4 Å². The number of nitrogens with zero attached hydrogens (tertiary/aromatic N) is 1. The van der Waals surface area contributed by atoms with E-state index < -0.39 is 75.6 Å². The van der Waals surface area contributed by atoms with Crippen LogP contribution in [0, 0.1) is 15.4 Å². The van der Waals surface area contributed by atoms with E-state index in [1.165, 1.54) is 19.0 Å². The van der Waals surface area contributed by atoms with Gasteiger partial charge in [-0.3, -0.25) is 19.3 Å². The van der Waals surface area contributed by atoms with E-state index in [0.717, 1.165) is 0 Å². The van der Waals surface area contributed by atoms with Gasteiger partial charge in [-0.25, -0.2) is 0 Å². The van der Waals surface area contributed by atoms with Crippen molar-refractivity contribution in [3.8, 4) is 5.75 Å². The van der Waals surface area contributed by atoms with Crippen molar-refractivity contribution < 1.29 is 39.9 Å². The zero-order valence-electron chi connectivity index (χ0n) is 17.9. The van der Waals surface area contributed by atoms with E-state index in [-0.39, 0.29) is 11.3 Å². The number of benzene rings is 1. The van der Waals surface area contributed by atoms with Crippen LogP contribution in [0.25, 0.3) is 5.76 Å². The number of Topliss-reactive ketones (excluding diaryl/α,β-unsaturated/α-hetero) is 2. The van der Waals surface area contributed by atoms with Crippen LogP contribution in [0.1, 0.15) is 24.0 Å². The number of amides is 1. The smallest absolute Gasteiger partial charge is 0.255 e. The number of phenols is 1. The molecule has 3 aliphatic carbocycles. The summed E-state index contributed by atoms with van der Waals surface area (Å²) in [6, 6.07) is 1.91. The Morgan fingerprint density at radius 1 is 1.18 bits per heavy atom. The number of hydrogen-bond donors (Lipinski definition) is 6. The zero-order chi connectivity index (χ0) is 24.7. The second-order valence-corrected chi connectivity index (χ2v) is 10.1. The molecule has 0 saturated heterocycles. The van der Waals surface area contributed by atoms with E-state index in [1.54, 1.807) is 19.1 Å². The summed E-state index contributed by atoms with van der Waals surface area (Å²) in [6.45, 7) is 1.68. The van der Waals surface area contributed by atoms with Gasteiger partial charge in [0, 0.05) is 11.5 Å². The van der Waals surface area contributed by atoms with E-state index in [9.17, 15) is 39.9 Å². The summed E-state index contributed by atoms with van der Waals surface area (Å²) in [6.07, 6.45) is -1.60. The van der Waals surface area contributed by atoms with E-state index in [4.69, 9.17) is 5.73 Å². The summed E-state index contributed by atoms with van der Waals surface area (Å²) in [5, 5.41) is 55.4. The van der Waals surface area contributed by atoms with Gasteiger partial charge in [-0.05, 0) is 54.2 Å². The second kappa shape index (κ2) is 7.52. The van der Waals surface area contributed by atoms with Crippen molar-refractivity contribution in [2.45, 2.75) is 30.6 Å². The van der Waals surface area contributed by atoms with Crippen molar-refractivity contribution in [3.63, 3.8) is 0 Å². The number of carbonyl (C=O) groups is 3. The SMILES string of the molecule is C[C@H]1c2ccc(I)c(O)c2C(O)=C2C(=O)[C@]3(O)C(O)=C(C(N)=O)C(=O)[C@@H](N(C)C)C3[C@@H](O)C21. The fraction of sp³-hybridized carbons (Fsp3) is 0.409. The van der Waals surface area contributed by atoms with Crippen LogP contribution in [0.2, 0.25) is 0 Å². The Bertz CT molecular complexity index is 1190. The number of rotatable bonds is 2. The Morgan fingerprint density at radius 3 is 2.33 bits per heavy atom. The highest BCUT2D eigenvalue weighted by molar-refractivity contribution is 14.1. The number of halogens is 1. The first-order valence-electron chi connectivity index (χ1n) is 10.1. The van der Waals surface area contributed by atoms with Crippen molar-refractivity contribution in [1.82, 2.24) is 4.90 Å². The number of fused-ring (bicyclic) bond motifs is 3. The van der Waals surface area contributed by atoms with Crippen molar-refractivity contribution in [2.75, 3.05) is 14.1 Å². The molecule has 3 aliphatic rings. The third kappa shape index (κ3) is 2.85. The van der Waals surface area contributed by atoms with Crippen molar-refractivity contribution >= 4 is 45.8 Å². The maximum Gasteiger partial charge on any atom is 0.255 e. The Balaban J connectivity index is 2.07. The first-order chi connectivity index (χ1) is 15.3. The lowest BCUT2D eigenvalue weighted by molar-refractivity contribution is -0.169. The molecule has 11 heteroatoms. The summed E-state index contributed by atoms with van der Waals surface area (Å²) >= 11 is 1.85. The number of ketones is 2. The van der Waals surface area contributed by atoms with Gasteiger partial charge < -0.3 is 31.3 Å². The van der Waals surface area contributed by atoms with Crippen LogP contribution in [0.4, 0.5) is 0 Å². The fourth-order valence-electron chi connectivity index (χ4n) is 5.59. The topological polar surface area (TPSA) is 182 Å². The molecule has 4 rings (SSSR count). The minimum absolute atomic E-state index is 0.0158. The van der Waals surface area contributed by atoms with Crippen LogP contribution in [0.5, 0.6) is 5.75 Å². The number of likely N-dealkylation sites (N-methyl/N-ethyl adjacent to an activating group) is 1. The van der Waals surface area contributed by atoms with Crippen molar-refractivity contribution in [2.24, 2.45) is 17.6 Å². The lowest BCUT2D eigenvalue weighted by Crippen LogP contribution is -2.70. The highest BCUT2D eigenvalue weighted by Gasteiger charge is 2.68. The molecule has 7 N–H and O–H groups in total. The van der Waals surface area contributed by atoms with Gasteiger partial charge in [0.2, 0.25) is 5.78 Å². The van der Waals surface area contributed by atoms with Crippen LogP contribution >= 0.6 is 22.6 Å². The van der Waals surface area contributed by atoms with Gasteiger partial charge in [0.05, 0.1) is 27.2 Å². The van der Waals surface area contributed by atoms with Gasteiger partial charge in [-0.2, -0.15) is 0 Å². The molecule has 1 aromatic carbocycles. The minimum atomic E-state index is -2.90. The van der Waals surface area contributed by atoms with Crippen LogP contribution in [-0.4, -0.2) is 79.7 Å². The zero-order valence-corrected chi connectivity index (χ0v) is 20.1. The number of aliphatic hydroxyl groups is 4. The molecule has 33 heavy (non-hydrogen) atoms. The monoisotopic (exact) mass is 570 g/mol. The molecule has 6 atom stereocenters. The molecule has 0 spiro atoms. The van der Waals surface area contributed by atoms with Gasteiger partial charge in [0.15, 0.2) is 11.4 Å². The lowest BCUT2D eigenvalue weighted by atomic mass is 9.54. The molecule has 1 aromatic rings. The Kier molecular flexibility index (Phi) is 5.39. The maximum atomic E-state index is 13.7. The number of carbonyl (C=O) groups excluding carboxylic acids is 3. The third-order valence-electron chi connectivity index (χ3n) is 7.08. The molecule has 0 radical (unpaired) electrons.